The monoisotopic (exact) mass is 480 g/mol. The normalized spacial score (nSPS) is 14.7. The Labute approximate surface area is 200 Å². The lowest BCUT2D eigenvalue weighted by molar-refractivity contribution is -0.384. The van der Waals surface area contributed by atoms with Crippen LogP contribution >= 0.6 is 0 Å². The zero-order chi connectivity index (χ0) is 24.3. The van der Waals surface area contributed by atoms with Crippen molar-refractivity contribution in [1.29, 1.82) is 0 Å². The number of nitrogens with one attached hydrogen (secondary N) is 1. The van der Waals surface area contributed by atoms with E-state index in [1.807, 2.05) is 50.2 Å². The number of nitro benzene ring substituents is 1. The summed E-state index contributed by atoms with van der Waals surface area (Å²) in [6, 6.07) is 19.9. The van der Waals surface area contributed by atoms with Crippen molar-refractivity contribution in [1.82, 2.24) is 4.31 Å². The van der Waals surface area contributed by atoms with Crippen molar-refractivity contribution < 1.29 is 13.3 Å². The van der Waals surface area contributed by atoms with Gasteiger partial charge in [-0.25, -0.2) is 8.42 Å². The van der Waals surface area contributed by atoms with E-state index < -0.39 is 14.9 Å². The van der Waals surface area contributed by atoms with Crippen LogP contribution < -0.4 is 10.2 Å². The summed E-state index contributed by atoms with van der Waals surface area (Å²) in [5, 5.41) is 14.7. The van der Waals surface area contributed by atoms with Crippen molar-refractivity contribution in [3.05, 3.63) is 93.5 Å². The van der Waals surface area contributed by atoms with Gasteiger partial charge in [0, 0.05) is 44.5 Å². The highest BCUT2D eigenvalue weighted by Gasteiger charge is 2.29. The molecule has 0 unspecified atom stereocenters. The lowest BCUT2D eigenvalue weighted by Gasteiger charge is -2.35. The minimum atomic E-state index is -3.57. The average molecular weight is 481 g/mol. The van der Waals surface area contributed by atoms with Gasteiger partial charge in [0.1, 0.15) is 5.69 Å². The molecule has 1 aliphatic heterocycles. The van der Waals surface area contributed by atoms with Crippen LogP contribution in [0.4, 0.5) is 17.1 Å². The fourth-order valence-corrected chi connectivity index (χ4v) is 5.53. The zero-order valence-corrected chi connectivity index (χ0v) is 20.1. The molecule has 3 aromatic rings. The predicted octanol–water partition coefficient (Wildman–Crippen LogP) is 4.33. The number of hydrogen-bond donors (Lipinski definition) is 1. The fourth-order valence-electron chi connectivity index (χ4n) is 4.02. The minimum Gasteiger partial charge on any atom is -0.375 e. The van der Waals surface area contributed by atoms with Gasteiger partial charge in [0.15, 0.2) is 0 Å². The Kier molecular flexibility index (Phi) is 6.85. The number of nitrogens with zero attached hydrogens (tertiary/aromatic N) is 3. The summed E-state index contributed by atoms with van der Waals surface area (Å²) in [4.78, 5) is 13.5. The molecule has 1 fully saturated rings. The molecule has 0 saturated carbocycles. The molecule has 178 valence electrons. The largest absolute Gasteiger partial charge is 0.375 e. The van der Waals surface area contributed by atoms with E-state index in [0.717, 1.165) is 22.4 Å². The first kappa shape index (κ1) is 23.7. The number of sulfonamides is 1. The second kappa shape index (κ2) is 9.82. The molecule has 0 spiro atoms. The van der Waals surface area contributed by atoms with Gasteiger partial charge in [-0.15, -0.1) is 0 Å². The Bertz CT molecular complexity index is 1290. The van der Waals surface area contributed by atoms with Crippen LogP contribution in [0, 0.1) is 24.0 Å². The lowest BCUT2D eigenvalue weighted by Crippen LogP contribution is -2.48. The highest BCUT2D eigenvalue weighted by molar-refractivity contribution is 7.89. The van der Waals surface area contributed by atoms with E-state index in [0.29, 0.717) is 43.3 Å². The summed E-state index contributed by atoms with van der Waals surface area (Å²) in [6.45, 7) is 6.02. The number of aryl methyl sites for hydroxylation is 2. The SMILES string of the molecule is Cc1ccc(S(=O)(=O)N2CCN(c3ccc([N+](=O)[O-])c(NCc4ccccc4)c3)CC2)cc1C. The van der Waals surface area contributed by atoms with Crippen LogP contribution in [0.2, 0.25) is 0 Å². The van der Waals surface area contributed by atoms with Crippen molar-refractivity contribution in [2.24, 2.45) is 0 Å². The summed E-state index contributed by atoms with van der Waals surface area (Å²) < 4.78 is 27.7. The predicted molar refractivity (Wildman–Crippen MR) is 134 cm³/mol. The molecule has 1 aliphatic rings. The smallest absolute Gasteiger partial charge is 0.292 e. The third kappa shape index (κ3) is 5.05. The average Bonchev–Trinajstić information content (AvgIpc) is 2.84. The molecule has 0 bridgehead atoms. The zero-order valence-electron chi connectivity index (χ0n) is 19.3. The first-order chi connectivity index (χ1) is 16.3. The van der Waals surface area contributed by atoms with Crippen LogP contribution in [-0.2, 0) is 16.6 Å². The Balaban J connectivity index is 1.48. The van der Waals surface area contributed by atoms with E-state index in [2.05, 4.69) is 10.2 Å². The van der Waals surface area contributed by atoms with Gasteiger partial charge in [0.2, 0.25) is 10.0 Å². The van der Waals surface area contributed by atoms with E-state index in [1.165, 1.54) is 10.4 Å². The van der Waals surface area contributed by atoms with E-state index in [9.17, 15) is 18.5 Å². The number of rotatable bonds is 7. The van der Waals surface area contributed by atoms with Crippen LogP contribution in [0.1, 0.15) is 16.7 Å². The topological polar surface area (TPSA) is 95.8 Å². The molecule has 4 rings (SSSR count). The molecule has 3 aromatic carbocycles. The summed E-state index contributed by atoms with van der Waals surface area (Å²) in [5.74, 6) is 0. The molecule has 1 saturated heterocycles. The lowest BCUT2D eigenvalue weighted by atomic mass is 10.1. The highest BCUT2D eigenvalue weighted by atomic mass is 32.2. The number of piperazine rings is 1. The Morgan fingerprint density at radius 2 is 1.62 bits per heavy atom. The number of nitro groups is 1. The molecule has 0 atom stereocenters. The Morgan fingerprint density at radius 1 is 0.912 bits per heavy atom. The van der Waals surface area contributed by atoms with Gasteiger partial charge < -0.3 is 10.2 Å². The van der Waals surface area contributed by atoms with Crippen molar-refractivity contribution in [2.75, 3.05) is 36.4 Å². The summed E-state index contributed by atoms with van der Waals surface area (Å²) in [6.07, 6.45) is 0. The Hall–Kier alpha value is -3.43. The fraction of sp³-hybridized carbons (Fsp3) is 0.280. The molecular formula is C25H28N4O4S. The molecule has 8 nitrogen and oxygen atoms in total. The quantitative estimate of drug-likeness (QED) is 0.399. The van der Waals surface area contributed by atoms with Gasteiger partial charge in [-0.2, -0.15) is 4.31 Å². The molecule has 0 aromatic heterocycles. The second-order valence-electron chi connectivity index (χ2n) is 8.43. The van der Waals surface area contributed by atoms with Crippen molar-refractivity contribution in [2.45, 2.75) is 25.3 Å². The van der Waals surface area contributed by atoms with E-state index in [1.54, 1.807) is 24.3 Å². The summed E-state index contributed by atoms with van der Waals surface area (Å²) in [5.41, 5.74) is 4.30. The van der Waals surface area contributed by atoms with Gasteiger partial charge in [0.05, 0.1) is 9.82 Å². The number of hydrogen-bond acceptors (Lipinski definition) is 6. The maximum Gasteiger partial charge on any atom is 0.292 e. The van der Waals surface area contributed by atoms with Crippen LogP contribution in [0.15, 0.2) is 71.6 Å². The van der Waals surface area contributed by atoms with E-state index in [-0.39, 0.29) is 5.69 Å². The molecule has 1 heterocycles. The van der Waals surface area contributed by atoms with Crippen LogP contribution in [0.3, 0.4) is 0 Å². The Morgan fingerprint density at radius 3 is 2.26 bits per heavy atom. The first-order valence-corrected chi connectivity index (χ1v) is 12.6. The van der Waals surface area contributed by atoms with Crippen LogP contribution in [0.5, 0.6) is 0 Å². The minimum absolute atomic E-state index is 0.00985. The van der Waals surface area contributed by atoms with Crippen molar-refractivity contribution in [3.63, 3.8) is 0 Å². The molecule has 9 heteroatoms. The van der Waals surface area contributed by atoms with E-state index in [4.69, 9.17) is 0 Å². The van der Waals surface area contributed by atoms with Crippen molar-refractivity contribution >= 4 is 27.1 Å². The molecule has 34 heavy (non-hydrogen) atoms. The molecule has 1 N–H and O–H groups in total. The number of anilines is 2. The van der Waals surface area contributed by atoms with E-state index >= 15 is 0 Å². The van der Waals surface area contributed by atoms with Gasteiger partial charge >= 0.3 is 0 Å². The van der Waals surface area contributed by atoms with Gasteiger partial charge in [-0.1, -0.05) is 36.4 Å². The summed E-state index contributed by atoms with van der Waals surface area (Å²) in [7, 11) is -3.57. The highest BCUT2D eigenvalue weighted by Crippen LogP contribution is 2.31. The maximum atomic E-state index is 13.1. The number of benzene rings is 3. The third-order valence-electron chi connectivity index (χ3n) is 6.22. The molecule has 0 amide bonds. The van der Waals surface area contributed by atoms with Gasteiger partial charge in [-0.3, -0.25) is 10.1 Å². The van der Waals surface area contributed by atoms with Gasteiger partial charge in [-0.05, 0) is 54.8 Å². The molecular weight excluding hydrogens is 452 g/mol. The van der Waals surface area contributed by atoms with Crippen LogP contribution in [0.25, 0.3) is 0 Å². The van der Waals surface area contributed by atoms with Crippen molar-refractivity contribution in [3.8, 4) is 0 Å². The molecule has 0 aliphatic carbocycles. The van der Waals surface area contributed by atoms with Crippen LogP contribution in [-0.4, -0.2) is 43.8 Å². The maximum absolute atomic E-state index is 13.1. The summed E-state index contributed by atoms with van der Waals surface area (Å²) >= 11 is 0. The van der Waals surface area contributed by atoms with Gasteiger partial charge in [0.25, 0.3) is 5.69 Å². The molecule has 0 radical (unpaired) electrons. The standard InChI is InChI=1S/C25H28N4O4S/c1-19-8-10-23(16-20(19)2)34(32,33)28-14-12-27(13-15-28)22-9-11-25(29(30)31)24(17-22)26-18-21-6-4-3-5-7-21/h3-11,16-17,26H,12-15,18H2,1-2H3. The second-order valence-corrected chi connectivity index (χ2v) is 10.4. The third-order valence-corrected chi connectivity index (χ3v) is 8.12. The first-order valence-electron chi connectivity index (χ1n) is 11.1.